The van der Waals surface area contributed by atoms with Gasteiger partial charge in [-0.3, -0.25) is 9.79 Å². The molecular formula is C19H25ClIN5O2. The van der Waals surface area contributed by atoms with Crippen molar-refractivity contribution < 1.29 is 9.32 Å². The van der Waals surface area contributed by atoms with Crippen LogP contribution in [-0.2, 0) is 17.8 Å². The number of aryl methyl sites for hydroxylation is 1. The minimum absolute atomic E-state index is 0. The molecular weight excluding hydrogens is 493 g/mol. The van der Waals surface area contributed by atoms with Gasteiger partial charge in [-0.25, -0.2) is 0 Å². The Kier molecular flexibility index (Phi) is 8.56. The molecule has 3 rings (SSSR count). The zero-order chi connectivity index (χ0) is 19.2. The minimum atomic E-state index is 0. The standard InChI is InChI=1S/C19H24ClN5O2.HI/c1-14-10-17(27-23-14)13-22-19(21-2)25-8-6-24(7-9-25)18(26)12-15-4-3-5-16(20)11-15;/h3-5,10-11H,6-9,12-13H2,1-2H3,(H,21,22);1H. The molecule has 1 aromatic heterocycles. The van der Waals surface area contributed by atoms with Gasteiger partial charge in [0.05, 0.1) is 18.7 Å². The van der Waals surface area contributed by atoms with Crippen molar-refractivity contribution in [3.05, 3.63) is 52.4 Å². The Morgan fingerprint density at radius 3 is 2.57 bits per heavy atom. The van der Waals surface area contributed by atoms with Crippen molar-refractivity contribution >= 4 is 47.4 Å². The summed E-state index contributed by atoms with van der Waals surface area (Å²) in [6.07, 6.45) is 0.373. The monoisotopic (exact) mass is 517 g/mol. The van der Waals surface area contributed by atoms with Gasteiger partial charge in [-0.2, -0.15) is 0 Å². The first-order valence-electron chi connectivity index (χ1n) is 8.95. The van der Waals surface area contributed by atoms with Crippen molar-refractivity contribution in [2.75, 3.05) is 33.2 Å². The number of hydrogen-bond donors (Lipinski definition) is 1. The number of carbonyl (C=O) groups is 1. The number of nitrogens with zero attached hydrogens (tertiary/aromatic N) is 4. The highest BCUT2D eigenvalue weighted by Gasteiger charge is 2.23. The number of benzene rings is 1. The SMILES string of the molecule is CN=C(NCc1cc(C)no1)N1CCN(C(=O)Cc2cccc(Cl)c2)CC1.I. The summed E-state index contributed by atoms with van der Waals surface area (Å²) >= 11 is 6.00. The predicted octanol–water partition coefficient (Wildman–Crippen LogP) is 2.72. The van der Waals surface area contributed by atoms with Gasteiger partial charge in [-0.15, -0.1) is 24.0 Å². The maximum absolute atomic E-state index is 12.5. The molecule has 1 N–H and O–H groups in total. The predicted molar refractivity (Wildman–Crippen MR) is 120 cm³/mol. The third-order valence-electron chi connectivity index (χ3n) is 4.49. The van der Waals surface area contributed by atoms with Gasteiger partial charge in [0, 0.05) is 44.3 Å². The number of halogens is 2. The van der Waals surface area contributed by atoms with Crippen LogP contribution in [0.15, 0.2) is 39.8 Å². The van der Waals surface area contributed by atoms with Gasteiger partial charge < -0.3 is 19.6 Å². The molecule has 1 aromatic carbocycles. The fourth-order valence-corrected chi connectivity index (χ4v) is 3.31. The van der Waals surface area contributed by atoms with Crippen LogP contribution in [0.25, 0.3) is 0 Å². The average Bonchev–Trinajstić information content (AvgIpc) is 3.08. The fraction of sp³-hybridized carbons (Fsp3) is 0.421. The van der Waals surface area contributed by atoms with E-state index in [1.165, 1.54) is 0 Å². The van der Waals surface area contributed by atoms with E-state index in [2.05, 4.69) is 20.4 Å². The number of hydrogen-bond acceptors (Lipinski definition) is 4. The Hall–Kier alpha value is -1.81. The Morgan fingerprint density at radius 1 is 1.25 bits per heavy atom. The number of amides is 1. The number of piperazine rings is 1. The van der Waals surface area contributed by atoms with Crippen LogP contribution in [0.1, 0.15) is 17.0 Å². The number of carbonyl (C=O) groups excluding carboxylic acids is 1. The van der Waals surface area contributed by atoms with E-state index in [9.17, 15) is 4.79 Å². The lowest BCUT2D eigenvalue weighted by Gasteiger charge is -2.36. The normalized spacial score (nSPS) is 14.6. The van der Waals surface area contributed by atoms with Crippen molar-refractivity contribution in [1.29, 1.82) is 0 Å². The molecule has 0 bridgehead atoms. The van der Waals surface area contributed by atoms with Gasteiger partial charge >= 0.3 is 0 Å². The molecule has 7 nitrogen and oxygen atoms in total. The van der Waals surface area contributed by atoms with Gasteiger partial charge in [0.1, 0.15) is 0 Å². The lowest BCUT2D eigenvalue weighted by molar-refractivity contribution is -0.131. The van der Waals surface area contributed by atoms with Crippen LogP contribution in [0.4, 0.5) is 0 Å². The average molecular weight is 518 g/mol. The molecule has 1 fully saturated rings. The number of aromatic nitrogens is 1. The Balaban J connectivity index is 0.00000280. The van der Waals surface area contributed by atoms with Crippen molar-refractivity contribution in [3.63, 3.8) is 0 Å². The van der Waals surface area contributed by atoms with E-state index < -0.39 is 0 Å². The topological polar surface area (TPSA) is 74.0 Å². The summed E-state index contributed by atoms with van der Waals surface area (Å²) in [5.41, 5.74) is 1.79. The Morgan fingerprint density at radius 2 is 1.96 bits per heavy atom. The van der Waals surface area contributed by atoms with E-state index >= 15 is 0 Å². The van der Waals surface area contributed by atoms with Gasteiger partial charge in [0.2, 0.25) is 5.91 Å². The van der Waals surface area contributed by atoms with Gasteiger partial charge in [0.15, 0.2) is 11.7 Å². The maximum atomic E-state index is 12.5. The van der Waals surface area contributed by atoms with E-state index in [0.717, 1.165) is 36.1 Å². The second-order valence-electron chi connectivity index (χ2n) is 6.51. The maximum Gasteiger partial charge on any atom is 0.227 e. The summed E-state index contributed by atoms with van der Waals surface area (Å²) < 4.78 is 5.21. The van der Waals surface area contributed by atoms with E-state index in [1.807, 2.05) is 42.2 Å². The molecule has 0 unspecified atom stereocenters. The van der Waals surface area contributed by atoms with Crippen LogP contribution in [0.5, 0.6) is 0 Å². The lowest BCUT2D eigenvalue weighted by atomic mass is 10.1. The fourth-order valence-electron chi connectivity index (χ4n) is 3.10. The van der Waals surface area contributed by atoms with Crippen LogP contribution >= 0.6 is 35.6 Å². The summed E-state index contributed by atoms with van der Waals surface area (Å²) in [6.45, 7) is 5.22. The van der Waals surface area contributed by atoms with Crippen molar-refractivity contribution in [1.82, 2.24) is 20.3 Å². The first-order chi connectivity index (χ1) is 13.0. The molecule has 0 aliphatic carbocycles. The van der Waals surface area contributed by atoms with Crippen molar-refractivity contribution in [2.24, 2.45) is 4.99 Å². The zero-order valence-electron chi connectivity index (χ0n) is 16.0. The summed E-state index contributed by atoms with van der Waals surface area (Å²) in [7, 11) is 1.75. The number of aliphatic imine (C=N–C) groups is 1. The van der Waals surface area contributed by atoms with Crippen LogP contribution in [0.2, 0.25) is 5.02 Å². The molecule has 0 radical (unpaired) electrons. The molecule has 1 aliphatic rings. The molecule has 0 spiro atoms. The first kappa shape index (κ1) is 22.5. The summed E-state index contributed by atoms with van der Waals surface area (Å²) in [5.74, 6) is 1.69. The van der Waals surface area contributed by atoms with Gasteiger partial charge in [-0.1, -0.05) is 28.9 Å². The van der Waals surface area contributed by atoms with E-state index in [4.69, 9.17) is 16.1 Å². The third kappa shape index (κ3) is 6.10. The quantitative estimate of drug-likeness (QED) is 0.384. The Labute approximate surface area is 187 Å². The lowest BCUT2D eigenvalue weighted by Crippen LogP contribution is -2.53. The molecule has 2 heterocycles. The molecule has 2 aromatic rings. The largest absolute Gasteiger partial charge is 0.359 e. The van der Waals surface area contributed by atoms with Crippen LogP contribution in [0.3, 0.4) is 0 Å². The molecule has 0 saturated carbocycles. The third-order valence-corrected chi connectivity index (χ3v) is 4.72. The van der Waals surface area contributed by atoms with Crippen molar-refractivity contribution in [3.8, 4) is 0 Å². The molecule has 1 saturated heterocycles. The Bertz CT molecular complexity index is 818. The first-order valence-corrected chi connectivity index (χ1v) is 9.33. The molecule has 152 valence electrons. The summed E-state index contributed by atoms with van der Waals surface area (Å²) in [4.78, 5) is 20.9. The second-order valence-corrected chi connectivity index (χ2v) is 6.95. The van der Waals surface area contributed by atoms with Gasteiger partial charge in [0.25, 0.3) is 0 Å². The number of rotatable bonds is 4. The van der Waals surface area contributed by atoms with Gasteiger partial charge in [-0.05, 0) is 24.6 Å². The zero-order valence-corrected chi connectivity index (χ0v) is 19.1. The number of nitrogens with one attached hydrogen (secondary N) is 1. The molecule has 1 aliphatic heterocycles. The highest BCUT2D eigenvalue weighted by Crippen LogP contribution is 2.13. The van der Waals surface area contributed by atoms with Crippen LogP contribution in [0, 0.1) is 6.92 Å². The minimum Gasteiger partial charge on any atom is -0.359 e. The molecule has 0 atom stereocenters. The highest BCUT2D eigenvalue weighted by molar-refractivity contribution is 14.0. The highest BCUT2D eigenvalue weighted by atomic mass is 127. The van der Waals surface area contributed by atoms with E-state index in [-0.39, 0.29) is 29.9 Å². The number of guanidine groups is 1. The van der Waals surface area contributed by atoms with E-state index in [1.54, 1.807) is 7.05 Å². The van der Waals surface area contributed by atoms with Crippen molar-refractivity contribution in [2.45, 2.75) is 19.9 Å². The summed E-state index contributed by atoms with van der Waals surface area (Å²) in [6, 6.07) is 9.35. The molecule has 1 amide bonds. The smallest absolute Gasteiger partial charge is 0.227 e. The molecule has 28 heavy (non-hydrogen) atoms. The van der Waals surface area contributed by atoms with Crippen LogP contribution in [-0.4, -0.2) is 60.0 Å². The summed E-state index contributed by atoms with van der Waals surface area (Å²) in [5, 5.41) is 7.82. The molecule has 9 heteroatoms. The van der Waals surface area contributed by atoms with E-state index in [0.29, 0.717) is 31.1 Å². The second kappa shape index (κ2) is 10.7. The van der Waals surface area contributed by atoms with Crippen LogP contribution < -0.4 is 5.32 Å².